The summed E-state index contributed by atoms with van der Waals surface area (Å²) in [7, 11) is -1.48. The molecule has 80 valence electrons. The SMILES string of the molecule is C=CC(=O)/C(=C/CCCC)[Si](C)(C)C. The molecule has 0 amide bonds. The van der Waals surface area contributed by atoms with Gasteiger partial charge in [0.25, 0.3) is 0 Å². The van der Waals surface area contributed by atoms with E-state index >= 15 is 0 Å². The predicted octanol–water partition coefficient (Wildman–Crippen LogP) is 3.74. The molecule has 0 aliphatic heterocycles. The van der Waals surface area contributed by atoms with Crippen molar-refractivity contribution in [3.8, 4) is 0 Å². The minimum absolute atomic E-state index is 0.125. The van der Waals surface area contributed by atoms with E-state index in [4.69, 9.17) is 0 Å². The van der Waals surface area contributed by atoms with Crippen molar-refractivity contribution in [3.05, 3.63) is 23.9 Å². The molecule has 0 spiro atoms. The third-order valence-corrected chi connectivity index (χ3v) is 4.23. The molecule has 14 heavy (non-hydrogen) atoms. The van der Waals surface area contributed by atoms with Gasteiger partial charge in [0.15, 0.2) is 5.78 Å². The van der Waals surface area contributed by atoms with Crippen LogP contribution in [0.5, 0.6) is 0 Å². The van der Waals surface area contributed by atoms with Gasteiger partial charge in [-0.15, -0.1) is 0 Å². The zero-order valence-corrected chi connectivity index (χ0v) is 10.9. The van der Waals surface area contributed by atoms with E-state index in [-0.39, 0.29) is 5.78 Å². The molecular formula is C12H22OSi. The van der Waals surface area contributed by atoms with Gasteiger partial charge >= 0.3 is 0 Å². The Morgan fingerprint density at radius 2 is 1.93 bits per heavy atom. The second-order valence-corrected chi connectivity index (χ2v) is 9.62. The average Bonchev–Trinajstić information content (AvgIpc) is 2.09. The molecule has 0 saturated carbocycles. The minimum Gasteiger partial charge on any atom is -0.290 e. The van der Waals surface area contributed by atoms with Gasteiger partial charge in [0.2, 0.25) is 0 Å². The number of unbranched alkanes of at least 4 members (excludes halogenated alkanes) is 2. The summed E-state index contributed by atoms with van der Waals surface area (Å²) in [6.07, 6.45) is 6.93. The third kappa shape index (κ3) is 4.56. The van der Waals surface area contributed by atoms with Crippen LogP contribution < -0.4 is 0 Å². The first-order chi connectivity index (χ1) is 6.43. The van der Waals surface area contributed by atoms with Gasteiger partial charge in [-0.05, 0) is 17.7 Å². The molecule has 0 bridgehead atoms. The van der Waals surface area contributed by atoms with Gasteiger partial charge in [0.05, 0.1) is 8.07 Å². The molecule has 0 heterocycles. The van der Waals surface area contributed by atoms with Gasteiger partial charge in [-0.3, -0.25) is 4.79 Å². The highest BCUT2D eigenvalue weighted by Crippen LogP contribution is 2.17. The van der Waals surface area contributed by atoms with E-state index in [1.54, 1.807) is 0 Å². The second-order valence-electron chi connectivity index (χ2n) is 4.58. The van der Waals surface area contributed by atoms with Gasteiger partial charge < -0.3 is 0 Å². The van der Waals surface area contributed by atoms with E-state index in [2.05, 4.69) is 39.2 Å². The number of hydrogen-bond donors (Lipinski definition) is 0. The summed E-state index contributed by atoms with van der Waals surface area (Å²) in [4.78, 5) is 11.6. The topological polar surface area (TPSA) is 17.1 Å². The molecule has 2 heteroatoms. The van der Waals surface area contributed by atoms with Crippen molar-refractivity contribution in [2.24, 2.45) is 0 Å². The average molecular weight is 210 g/mol. The van der Waals surface area contributed by atoms with E-state index < -0.39 is 8.07 Å². The van der Waals surface area contributed by atoms with E-state index in [1.807, 2.05) is 0 Å². The quantitative estimate of drug-likeness (QED) is 0.371. The Morgan fingerprint density at radius 3 is 2.29 bits per heavy atom. The fourth-order valence-corrected chi connectivity index (χ4v) is 2.93. The van der Waals surface area contributed by atoms with Crippen molar-refractivity contribution in [3.63, 3.8) is 0 Å². The van der Waals surface area contributed by atoms with Crippen molar-refractivity contribution < 1.29 is 4.79 Å². The van der Waals surface area contributed by atoms with Crippen LogP contribution in [0, 0.1) is 0 Å². The van der Waals surface area contributed by atoms with Gasteiger partial charge in [-0.1, -0.05) is 52.1 Å². The summed E-state index contributed by atoms with van der Waals surface area (Å²) in [5.41, 5.74) is 0. The lowest BCUT2D eigenvalue weighted by molar-refractivity contribution is -0.110. The molecule has 0 rings (SSSR count). The number of rotatable bonds is 6. The molecule has 0 fully saturated rings. The number of allylic oxidation sites excluding steroid dienone is 3. The Labute approximate surface area is 88.9 Å². The standard InChI is InChI=1S/C12H22OSi/c1-6-8-9-10-12(11(13)7-2)14(3,4)5/h7,10H,2,6,8-9H2,1,3-5H3/b12-10-. The molecule has 0 unspecified atom stereocenters. The Balaban J connectivity index is 4.64. The van der Waals surface area contributed by atoms with Crippen LogP contribution in [0.2, 0.25) is 19.6 Å². The summed E-state index contributed by atoms with van der Waals surface area (Å²) in [5, 5.41) is 1.03. The first-order valence-electron chi connectivity index (χ1n) is 5.31. The zero-order chi connectivity index (χ0) is 11.2. The van der Waals surface area contributed by atoms with Crippen molar-refractivity contribution in [1.29, 1.82) is 0 Å². The molecule has 0 radical (unpaired) electrons. The summed E-state index contributed by atoms with van der Waals surface area (Å²) in [5.74, 6) is 0.125. The first kappa shape index (κ1) is 13.4. The maximum atomic E-state index is 11.6. The molecule has 0 aliphatic rings. The fraction of sp³-hybridized carbons (Fsp3) is 0.583. The van der Waals surface area contributed by atoms with Crippen molar-refractivity contribution >= 4 is 13.9 Å². The summed E-state index contributed by atoms with van der Waals surface area (Å²) >= 11 is 0. The van der Waals surface area contributed by atoms with E-state index in [1.165, 1.54) is 18.9 Å². The molecule has 1 nitrogen and oxygen atoms in total. The lowest BCUT2D eigenvalue weighted by Crippen LogP contribution is -2.28. The monoisotopic (exact) mass is 210 g/mol. The maximum Gasteiger partial charge on any atom is 0.176 e. The minimum atomic E-state index is -1.48. The normalized spacial score (nSPS) is 12.7. The van der Waals surface area contributed by atoms with Gasteiger partial charge in [-0.2, -0.15) is 0 Å². The molecular weight excluding hydrogens is 188 g/mol. The Morgan fingerprint density at radius 1 is 1.36 bits per heavy atom. The molecule has 0 aromatic heterocycles. The molecule has 0 aromatic rings. The van der Waals surface area contributed by atoms with Crippen LogP contribution in [-0.2, 0) is 4.79 Å². The number of carbonyl (C=O) groups excluding carboxylic acids is 1. The van der Waals surface area contributed by atoms with Crippen LogP contribution in [0.1, 0.15) is 26.2 Å². The molecule has 0 aliphatic carbocycles. The lowest BCUT2D eigenvalue weighted by atomic mass is 10.2. The van der Waals surface area contributed by atoms with E-state index in [0.29, 0.717) is 0 Å². The molecule has 0 N–H and O–H groups in total. The highest BCUT2D eigenvalue weighted by atomic mass is 28.3. The van der Waals surface area contributed by atoms with Gasteiger partial charge in [0.1, 0.15) is 0 Å². The smallest absolute Gasteiger partial charge is 0.176 e. The Hall–Kier alpha value is -0.633. The summed E-state index contributed by atoms with van der Waals surface area (Å²) in [6.45, 7) is 12.3. The molecule has 0 aromatic carbocycles. The van der Waals surface area contributed by atoms with Crippen LogP contribution in [0.15, 0.2) is 23.9 Å². The zero-order valence-electron chi connectivity index (χ0n) is 9.89. The van der Waals surface area contributed by atoms with Crippen LogP contribution in [0.25, 0.3) is 0 Å². The van der Waals surface area contributed by atoms with Crippen LogP contribution in [0.4, 0.5) is 0 Å². The number of carbonyl (C=O) groups is 1. The Kier molecular flexibility index (Phi) is 5.70. The summed E-state index contributed by atoms with van der Waals surface area (Å²) < 4.78 is 0. The fourth-order valence-electron chi connectivity index (χ4n) is 1.34. The Bertz CT molecular complexity index is 233. The third-order valence-electron chi connectivity index (χ3n) is 2.17. The van der Waals surface area contributed by atoms with Gasteiger partial charge in [0, 0.05) is 0 Å². The molecule has 0 saturated heterocycles. The van der Waals surface area contributed by atoms with E-state index in [9.17, 15) is 4.79 Å². The lowest BCUT2D eigenvalue weighted by Gasteiger charge is -2.18. The van der Waals surface area contributed by atoms with Gasteiger partial charge in [-0.25, -0.2) is 0 Å². The summed E-state index contributed by atoms with van der Waals surface area (Å²) in [6, 6.07) is 0. The van der Waals surface area contributed by atoms with Crippen LogP contribution >= 0.6 is 0 Å². The maximum absolute atomic E-state index is 11.6. The van der Waals surface area contributed by atoms with E-state index in [0.717, 1.165) is 11.6 Å². The second kappa shape index (κ2) is 5.97. The van der Waals surface area contributed by atoms with Crippen molar-refractivity contribution in [2.45, 2.75) is 45.8 Å². The van der Waals surface area contributed by atoms with Crippen molar-refractivity contribution in [2.75, 3.05) is 0 Å². The van der Waals surface area contributed by atoms with Crippen LogP contribution in [0.3, 0.4) is 0 Å². The van der Waals surface area contributed by atoms with Crippen LogP contribution in [-0.4, -0.2) is 13.9 Å². The largest absolute Gasteiger partial charge is 0.290 e. The highest BCUT2D eigenvalue weighted by molar-refractivity contribution is 6.87. The molecule has 0 atom stereocenters. The number of hydrogen-bond acceptors (Lipinski definition) is 1. The number of ketones is 1. The predicted molar refractivity (Wildman–Crippen MR) is 66.2 cm³/mol. The van der Waals surface area contributed by atoms with Crippen molar-refractivity contribution in [1.82, 2.24) is 0 Å². The first-order valence-corrected chi connectivity index (χ1v) is 8.81. The highest BCUT2D eigenvalue weighted by Gasteiger charge is 2.23.